The third-order valence-corrected chi connectivity index (χ3v) is 5.71. The van der Waals surface area contributed by atoms with E-state index in [-0.39, 0.29) is 22.1 Å². The highest BCUT2D eigenvalue weighted by molar-refractivity contribution is 7.89. The fraction of sp³-hybridized carbons (Fsp3) is 0.500. The van der Waals surface area contributed by atoms with Gasteiger partial charge in [0.2, 0.25) is 10.0 Å². The Kier molecular flexibility index (Phi) is 4.15. The molecule has 110 valence electrons. The molecule has 0 bridgehead atoms. The second-order valence-corrected chi connectivity index (χ2v) is 7.02. The van der Waals surface area contributed by atoms with Crippen LogP contribution in [0.25, 0.3) is 0 Å². The zero-order chi connectivity index (χ0) is 14.9. The molecule has 1 aromatic carbocycles. The summed E-state index contributed by atoms with van der Waals surface area (Å²) in [5.74, 6) is -0.737. The van der Waals surface area contributed by atoms with Gasteiger partial charge in [-0.05, 0) is 50.3 Å². The summed E-state index contributed by atoms with van der Waals surface area (Å²) in [4.78, 5) is 11.1. The molecule has 0 saturated heterocycles. The molecule has 0 aromatic heterocycles. The summed E-state index contributed by atoms with van der Waals surface area (Å²) < 4.78 is 27.4. The highest BCUT2D eigenvalue weighted by atomic mass is 32.2. The minimum atomic E-state index is -3.68. The number of carboxylic acids is 1. The predicted octanol–water partition coefficient (Wildman–Crippen LogP) is 2.16. The molecule has 1 unspecified atom stereocenters. The third kappa shape index (κ3) is 2.86. The van der Waals surface area contributed by atoms with Crippen LogP contribution in [0.2, 0.25) is 0 Å². The SMILES string of the molecule is Cc1c(C(=O)O)cccc1S(=O)(=O)NC(C)C1CCC1. The maximum atomic E-state index is 12.4. The largest absolute Gasteiger partial charge is 0.478 e. The van der Waals surface area contributed by atoms with E-state index in [1.807, 2.05) is 6.92 Å². The average Bonchev–Trinajstić information content (AvgIpc) is 2.24. The van der Waals surface area contributed by atoms with Crippen molar-refractivity contribution >= 4 is 16.0 Å². The van der Waals surface area contributed by atoms with Crippen LogP contribution >= 0.6 is 0 Å². The number of sulfonamides is 1. The normalized spacial score (nSPS) is 17.5. The standard InChI is InChI=1S/C14H19NO4S/c1-9-12(14(16)17)7-4-8-13(9)20(18,19)15-10(2)11-5-3-6-11/h4,7-8,10-11,15H,3,5-6H2,1-2H3,(H,16,17). The number of benzene rings is 1. The Morgan fingerprint density at radius 3 is 2.55 bits per heavy atom. The van der Waals surface area contributed by atoms with Gasteiger partial charge < -0.3 is 5.11 Å². The van der Waals surface area contributed by atoms with Gasteiger partial charge in [-0.3, -0.25) is 0 Å². The number of hydrogen-bond acceptors (Lipinski definition) is 3. The first-order valence-electron chi connectivity index (χ1n) is 6.68. The van der Waals surface area contributed by atoms with Gasteiger partial charge in [-0.1, -0.05) is 12.5 Å². The zero-order valence-corrected chi connectivity index (χ0v) is 12.4. The molecular formula is C14H19NO4S. The van der Waals surface area contributed by atoms with Crippen LogP contribution in [0.3, 0.4) is 0 Å². The zero-order valence-electron chi connectivity index (χ0n) is 11.6. The van der Waals surface area contributed by atoms with Gasteiger partial charge >= 0.3 is 5.97 Å². The molecule has 1 saturated carbocycles. The van der Waals surface area contributed by atoms with E-state index in [0.717, 1.165) is 19.3 Å². The van der Waals surface area contributed by atoms with E-state index in [9.17, 15) is 13.2 Å². The lowest BCUT2D eigenvalue weighted by atomic mass is 9.81. The van der Waals surface area contributed by atoms with E-state index in [1.165, 1.54) is 25.1 Å². The second kappa shape index (κ2) is 5.54. The Bertz CT molecular complexity index is 620. The highest BCUT2D eigenvalue weighted by Crippen LogP contribution is 2.30. The highest BCUT2D eigenvalue weighted by Gasteiger charge is 2.29. The molecule has 0 radical (unpaired) electrons. The van der Waals surface area contributed by atoms with Crippen LogP contribution in [0.15, 0.2) is 23.1 Å². The van der Waals surface area contributed by atoms with Crippen molar-refractivity contribution in [2.45, 2.75) is 44.0 Å². The molecule has 6 heteroatoms. The molecular weight excluding hydrogens is 278 g/mol. The van der Waals surface area contributed by atoms with Crippen LogP contribution < -0.4 is 4.72 Å². The number of nitrogens with one attached hydrogen (secondary N) is 1. The Balaban J connectivity index is 2.29. The van der Waals surface area contributed by atoms with Gasteiger partial charge in [0.15, 0.2) is 0 Å². The molecule has 1 aliphatic rings. The first kappa shape index (κ1) is 15.0. The van der Waals surface area contributed by atoms with E-state index in [1.54, 1.807) is 0 Å². The van der Waals surface area contributed by atoms with Crippen LogP contribution in [0.5, 0.6) is 0 Å². The lowest BCUT2D eigenvalue weighted by Gasteiger charge is -2.31. The Labute approximate surface area is 119 Å². The van der Waals surface area contributed by atoms with Crippen LogP contribution in [-0.4, -0.2) is 25.5 Å². The molecule has 2 rings (SSSR count). The van der Waals surface area contributed by atoms with Crippen molar-refractivity contribution in [3.05, 3.63) is 29.3 Å². The minimum absolute atomic E-state index is 0.0178. The molecule has 2 N–H and O–H groups in total. The van der Waals surface area contributed by atoms with Gasteiger partial charge in [-0.15, -0.1) is 0 Å². The van der Waals surface area contributed by atoms with Gasteiger partial charge in [0, 0.05) is 6.04 Å². The number of aromatic carboxylic acids is 1. The fourth-order valence-corrected chi connectivity index (χ4v) is 4.06. The topological polar surface area (TPSA) is 83.5 Å². The van der Waals surface area contributed by atoms with E-state index in [2.05, 4.69) is 4.72 Å². The monoisotopic (exact) mass is 297 g/mol. The van der Waals surface area contributed by atoms with E-state index in [4.69, 9.17) is 5.11 Å². The fourth-order valence-electron chi connectivity index (χ4n) is 2.48. The molecule has 0 aliphatic heterocycles. The Hall–Kier alpha value is -1.40. The van der Waals surface area contributed by atoms with E-state index < -0.39 is 16.0 Å². The summed E-state index contributed by atoms with van der Waals surface area (Å²) in [6.45, 7) is 3.38. The maximum absolute atomic E-state index is 12.4. The second-order valence-electron chi connectivity index (χ2n) is 5.33. The van der Waals surface area contributed by atoms with Crippen LogP contribution in [0.1, 0.15) is 42.1 Å². The summed E-state index contributed by atoms with van der Waals surface area (Å²) in [5.41, 5.74) is 0.289. The quantitative estimate of drug-likeness (QED) is 0.872. The van der Waals surface area contributed by atoms with Crippen LogP contribution in [0, 0.1) is 12.8 Å². The summed E-state index contributed by atoms with van der Waals surface area (Å²) in [6.07, 6.45) is 3.22. The number of carbonyl (C=O) groups is 1. The van der Waals surface area contributed by atoms with Gasteiger partial charge in [0.05, 0.1) is 10.5 Å². The van der Waals surface area contributed by atoms with Crippen molar-refractivity contribution in [2.75, 3.05) is 0 Å². The third-order valence-electron chi connectivity index (χ3n) is 4.00. The number of rotatable bonds is 5. The summed E-state index contributed by atoms with van der Waals surface area (Å²) in [5, 5.41) is 9.06. The Morgan fingerprint density at radius 1 is 1.40 bits per heavy atom. The summed E-state index contributed by atoms with van der Waals surface area (Å²) in [7, 11) is -3.68. The molecule has 1 atom stereocenters. The van der Waals surface area contributed by atoms with Crippen LogP contribution in [-0.2, 0) is 10.0 Å². The molecule has 0 amide bonds. The van der Waals surface area contributed by atoms with E-state index in [0.29, 0.717) is 5.92 Å². The summed E-state index contributed by atoms with van der Waals surface area (Å²) in [6, 6.07) is 4.18. The van der Waals surface area contributed by atoms with Crippen molar-refractivity contribution in [1.29, 1.82) is 0 Å². The average molecular weight is 297 g/mol. The lowest BCUT2D eigenvalue weighted by Crippen LogP contribution is -2.40. The first-order chi connectivity index (χ1) is 9.33. The van der Waals surface area contributed by atoms with E-state index >= 15 is 0 Å². The van der Waals surface area contributed by atoms with Gasteiger partial charge in [0.25, 0.3) is 0 Å². The molecule has 5 nitrogen and oxygen atoms in total. The van der Waals surface area contributed by atoms with Crippen molar-refractivity contribution in [3.63, 3.8) is 0 Å². The van der Waals surface area contributed by atoms with Gasteiger partial charge in [0.1, 0.15) is 0 Å². The summed E-state index contributed by atoms with van der Waals surface area (Å²) >= 11 is 0. The van der Waals surface area contributed by atoms with Gasteiger partial charge in [-0.25, -0.2) is 17.9 Å². The van der Waals surface area contributed by atoms with Crippen molar-refractivity contribution in [3.8, 4) is 0 Å². The van der Waals surface area contributed by atoms with Crippen molar-refractivity contribution in [1.82, 2.24) is 4.72 Å². The molecule has 0 heterocycles. The van der Waals surface area contributed by atoms with Crippen molar-refractivity contribution in [2.24, 2.45) is 5.92 Å². The molecule has 0 spiro atoms. The smallest absolute Gasteiger partial charge is 0.335 e. The Morgan fingerprint density at radius 2 is 2.05 bits per heavy atom. The molecule has 1 aliphatic carbocycles. The van der Waals surface area contributed by atoms with Gasteiger partial charge in [-0.2, -0.15) is 0 Å². The van der Waals surface area contributed by atoms with Crippen LogP contribution in [0.4, 0.5) is 0 Å². The molecule has 1 aromatic rings. The lowest BCUT2D eigenvalue weighted by molar-refractivity contribution is 0.0696. The number of carboxylic acid groups (broad SMARTS) is 1. The first-order valence-corrected chi connectivity index (χ1v) is 8.16. The molecule has 1 fully saturated rings. The molecule has 20 heavy (non-hydrogen) atoms. The minimum Gasteiger partial charge on any atom is -0.478 e. The predicted molar refractivity (Wildman–Crippen MR) is 75.3 cm³/mol. The van der Waals surface area contributed by atoms with Crippen molar-refractivity contribution < 1.29 is 18.3 Å². The maximum Gasteiger partial charge on any atom is 0.335 e. The number of hydrogen-bond donors (Lipinski definition) is 2.